The summed E-state index contributed by atoms with van der Waals surface area (Å²) in [7, 11) is 3.09. The van der Waals surface area contributed by atoms with E-state index in [0.717, 1.165) is 11.4 Å². The third kappa shape index (κ3) is 8.84. The molecular weight excluding hydrogens is 350 g/mol. The molecule has 0 aliphatic carbocycles. The van der Waals surface area contributed by atoms with E-state index in [2.05, 4.69) is 47.5 Å². The van der Waals surface area contributed by atoms with Crippen molar-refractivity contribution in [3.63, 3.8) is 0 Å². The molecule has 0 bridgehead atoms. The first-order valence-corrected chi connectivity index (χ1v) is 8.39. The largest absolute Gasteiger partial charge is 0.467 e. The molecule has 0 radical (unpaired) electrons. The third-order valence-electron chi connectivity index (χ3n) is 3.44. The van der Waals surface area contributed by atoms with E-state index in [1.807, 2.05) is 19.2 Å². The summed E-state index contributed by atoms with van der Waals surface area (Å²) in [6, 6.07) is 5.17. The van der Waals surface area contributed by atoms with E-state index in [-0.39, 0.29) is 17.6 Å². The molecule has 0 aliphatic heterocycles. The Morgan fingerprint density at radius 2 is 1.78 bits per heavy atom. The Labute approximate surface area is 160 Å². The van der Waals surface area contributed by atoms with Crippen LogP contribution in [0.5, 0.6) is 0 Å². The molecular formula is C19H29N3O5. The normalized spacial score (nSPS) is 11.2. The number of amides is 2. The van der Waals surface area contributed by atoms with Crippen molar-refractivity contribution in [2.45, 2.75) is 46.1 Å². The summed E-state index contributed by atoms with van der Waals surface area (Å²) >= 11 is 0. The zero-order chi connectivity index (χ0) is 21.2. The number of carbonyl (C=O) groups is 4. The molecule has 8 heteroatoms. The standard InChI is InChI=1S/C13H20N2O.C6H9NO4/c1-9(16)15-10-6-7-11(13(2,3)4)12(8-10)14-5;1-4(6(10)11-2)7-5(9)3-8/h6-8,14H,1-5H3,(H,15,16);3-4H,1-2H3,(H,7,9). The van der Waals surface area contributed by atoms with Crippen molar-refractivity contribution in [3.8, 4) is 0 Å². The van der Waals surface area contributed by atoms with Crippen LogP contribution in [0.1, 0.15) is 40.2 Å². The minimum Gasteiger partial charge on any atom is -0.467 e. The smallest absolute Gasteiger partial charge is 0.328 e. The van der Waals surface area contributed by atoms with Gasteiger partial charge in [0.2, 0.25) is 12.2 Å². The maximum Gasteiger partial charge on any atom is 0.328 e. The van der Waals surface area contributed by atoms with E-state index in [9.17, 15) is 19.2 Å². The summed E-state index contributed by atoms with van der Waals surface area (Å²) in [5.41, 5.74) is 3.21. The van der Waals surface area contributed by atoms with Crippen LogP contribution in [0.25, 0.3) is 0 Å². The Morgan fingerprint density at radius 1 is 1.19 bits per heavy atom. The summed E-state index contributed by atoms with van der Waals surface area (Å²) in [5, 5.41) is 8.04. The van der Waals surface area contributed by atoms with Gasteiger partial charge in [-0.1, -0.05) is 26.8 Å². The number of aldehydes is 1. The highest BCUT2D eigenvalue weighted by Crippen LogP contribution is 2.31. The van der Waals surface area contributed by atoms with Gasteiger partial charge in [-0.25, -0.2) is 4.79 Å². The predicted molar refractivity (Wildman–Crippen MR) is 105 cm³/mol. The van der Waals surface area contributed by atoms with Gasteiger partial charge in [0.1, 0.15) is 6.04 Å². The minimum atomic E-state index is -0.831. The second-order valence-electron chi connectivity index (χ2n) is 6.81. The lowest BCUT2D eigenvalue weighted by Gasteiger charge is -2.23. The molecule has 0 saturated heterocycles. The molecule has 0 aliphatic rings. The van der Waals surface area contributed by atoms with Gasteiger partial charge in [-0.3, -0.25) is 14.4 Å². The van der Waals surface area contributed by atoms with E-state index in [1.165, 1.54) is 26.5 Å². The van der Waals surface area contributed by atoms with E-state index in [1.54, 1.807) is 0 Å². The van der Waals surface area contributed by atoms with E-state index < -0.39 is 17.9 Å². The van der Waals surface area contributed by atoms with Gasteiger partial charge in [0.05, 0.1) is 7.11 Å². The van der Waals surface area contributed by atoms with Crippen LogP contribution in [0, 0.1) is 0 Å². The highest BCUT2D eigenvalue weighted by atomic mass is 16.5. The van der Waals surface area contributed by atoms with Crippen LogP contribution < -0.4 is 16.0 Å². The quantitative estimate of drug-likeness (QED) is 0.409. The van der Waals surface area contributed by atoms with Gasteiger partial charge in [-0.15, -0.1) is 0 Å². The second-order valence-corrected chi connectivity index (χ2v) is 6.81. The molecule has 0 spiro atoms. The third-order valence-corrected chi connectivity index (χ3v) is 3.44. The Kier molecular flexibility index (Phi) is 9.77. The Bertz CT molecular complexity index is 680. The number of carbonyl (C=O) groups excluding carboxylic acids is 4. The lowest BCUT2D eigenvalue weighted by molar-refractivity contribution is -0.144. The molecule has 0 heterocycles. The SMILES string of the molecule is CNc1cc(NC(C)=O)ccc1C(C)(C)C.COC(=O)C(C)NC(=O)C=O. The fourth-order valence-electron chi connectivity index (χ4n) is 2.17. The Balaban J connectivity index is 0.000000541. The van der Waals surface area contributed by atoms with Crippen LogP contribution in [0.4, 0.5) is 11.4 Å². The molecule has 1 aromatic carbocycles. The molecule has 2 amide bonds. The summed E-state index contributed by atoms with van der Waals surface area (Å²) in [4.78, 5) is 41.7. The number of methoxy groups -OCH3 is 1. The molecule has 0 fully saturated rings. The maximum atomic E-state index is 11.0. The zero-order valence-corrected chi connectivity index (χ0v) is 16.9. The van der Waals surface area contributed by atoms with Crippen molar-refractivity contribution >= 4 is 35.4 Å². The summed E-state index contributed by atoms with van der Waals surface area (Å²) < 4.78 is 4.29. The molecule has 1 atom stereocenters. The molecule has 1 unspecified atom stereocenters. The number of benzene rings is 1. The second kappa shape index (κ2) is 10.9. The first kappa shape index (κ1) is 24.1. The van der Waals surface area contributed by atoms with Crippen molar-refractivity contribution in [1.29, 1.82) is 0 Å². The van der Waals surface area contributed by atoms with Gasteiger partial charge in [-0.05, 0) is 30.0 Å². The monoisotopic (exact) mass is 379 g/mol. The molecule has 1 aromatic rings. The lowest BCUT2D eigenvalue weighted by atomic mass is 9.85. The predicted octanol–water partition coefficient (Wildman–Crippen LogP) is 1.85. The van der Waals surface area contributed by atoms with Crippen molar-refractivity contribution in [3.05, 3.63) is 23.8 Å². The molecule has 1 rings (SSSR count). The summed E-state index contributed by atoms with van der Waals surface area (Å²) in [6.07, 6.45) is 0.0967. The number of nitrogens with one attached hydrogen (secondary N) is 3. The molecule has 8 nitrogen and oxygen atoms in total. The maximum absolute atomic E-state index is 11.0. The van der Waals surface area contributed by atoms with Gasteiger partial charge in [0, 0.05) is 25.3 Å². The van der Waals surface area contributed by atoms with Gasteiger partial charge >= 0.3 is 5.97 Å². The number of anilines is 2. The molecule has 3 N–H and O–H groups in total. The highest BCUT2D eigenvalue weighted by molar-refractivity contribution is 6.24. The Hall–Kier alpha value is -2.90. The summed E-state index contributed by atoms with van der Waals surface area (Å²) in [5.74, 6) is -1.46. The summed E-state index contributed by atoms with van der Waals surface area (Å²) in [6.45, 7) is 9.44. The molecule has 0 saturated carbocycles. The first-order valence-electron chi connectivity index (χ1n) is 8.39. The number of esters is 1. The van der Waals surface area contributed by atoms with Crippen molar-refractivity contribution < 1.29 is 23.9 Å². The molecule has 27 heavy (non-hydrogen) atoms. The van der Waals surface area contributed by atoms with E-state index in [0.29, 0.717) is 0 Å². The van der Waals surface area contributed by atoms with Crippen LogP contribution in [-0.2, 0) is 29.3 Å². The van der Waals surface area contributed by atoms with Crippen molar-refractivity contribution in [1.82, 2.24) is 5.32 Å². The van der Waals surface area contributed by atoms with Gasteiger partial charge in [-0.2, -0.15) is 0 Å². The molecule has 150 valence electrons. The van der Waals surface area contributed by atoms with Crippen LogP contribution in [0.3, 0.4) is 0 Å². The van der Waals surface area contributed by atoms with Crippen LogP contribution >= 0.6 is 0 Å². The Morgan fingerprint density at radius 3 is 2.19 bits per heavy atom. The topological polar surface area (TPSA) is 114 Å². The highest BCUT2D eigenvalue weighted by Gasteiger charge is 2.17. The van der Waals surface area contributed by atoms with Crippen LogP contribution in [-0.4, -0.2) is 44.3 Å². The number of ether oxygens (including phenoxy) is 1. The number of hydrogen-bond acceptors (Lipinski definition) is 6. The van der Waals surface area contributed by atoms with E-state index in [4.69, 9.17) is 0 Å². The van der Waals surface area contributed by atoms with Gasteiger partial charge in [0.15, 0.2) is 0 Å². The number of hydrogen-bond donors (Lipinski definition) is 3. The lowest BCUT2D eigenvalue weighted by Crippen LogP contribution is -2.39. The first-order chi connectivity index (χ1) is 12.5. The van der Waals surface area contributed by atoms with Crippen LogP contribution in [0.15, 0.2) is 18.2 Å². The van der Waals surface area contributed by atoms with Crippen LogP contribution in [0.2, 0.25) is 0 Å². The average Bonchev–Trinajstić information content (AvgIpc) is 2.59. The fourth-order valence-corrected chi connectivity index (χ4v) is 2.17. The van der Waals surface area contributed by atoms with E-state index >= 15 is 0 Å². The fraction of sp³-hybridized carbons (Fsp3) is 0.474. The van der Waals surface area contributed by atoms with Gasteiger partial charge in [0.25, 0.3) is 5.91 Å². The average molecular weight is 379 g/mol. The van der Waals surface area contributed by atoms with Crippen molar-refractivity contribution in [2.75, 3.05) is 24.8 Å². The zero-order valence-electron chi connectivity index (χ0n) is 16.9. The minimum absolute atomic E-state index is 0.0504. The van der Waals surface area contributed by atoms with Gasteiger partial charge < -0.3 is 20.7 Å². The molecule has 0 aromatic heterocycles. The number of rotatable bonds is 5. The van der Waals surface area contributed by atoms with Crippen molar-refractivity contribution in [2.24, 2.45) is 0 Å².